The average Bonchev–Trinajstić information content (AvgIpc) is 2.35. The fourth-order valence-corrected chi connectivity index (χ4v) is 3.25. The molecule has 106 valence electrons. The minimum atomic E-state index is -0.193. The topological polar surface area (TPSA) is 12.0 Å². The van der Waals surface area contributed by atoms with Crippen LogP contribution in [0.25, 0.3) is 0 Å². The number of hydrogen-bond acceptors (Lipinski definition) is 1. The van der Waals surface area contributed by atoms with Crippen LogP contribution in [0.15, 0.2) is 22.7 Å². The van der Waals surface area contributed by atoms with Crippen LogP contribution in [0.1, 0.15) is 63.5 Å². The molecule has 1 fully saturated rings. The van der Waals surface area contributed by atoms with Gasteiger partial charge in [-0.3, -0.25) is 0 Å². The summed E-state index contributed by atoms with van der Waals surface area (Å²) in [6.07, 6.45) is 9.34. The van der Waals surface area contributed by atoms with Crippen LogP contribution in [0, 0.1) is 5.82 Å². The van der Waals surface area contributed by atoms with Crippen LogP contribution in [0.2, 0.25) is 0 Å². The molecule has 0 saturated heterocycles. The highest BCUT2D eigenvalue weighted by molar-refractivity contribution is 9.10. The minimum Gasteiger partial charge on any atom is -0.307 e. The Morgan fingerprint density at radius 3 is 2.42 bits per heavy atom. The van der Waals surface area contributed by atoms with Crippen molar-refractivity contribution in [3.05, 3.63) is 34.1 Å². The number of halogens is 2. The molecule has 0 amide bonds. The summed E-state index contributed by atoms with van der Waals surface area (Å²) in [6, 6.07) is 6.19. The molecule has 0 aromatic heterocycles. The Morgan fingerprint density at radius 1 is 1.16 bits per heavy atom. The zero-order valence-electron chi connectivity index (χ0n) is 11.6. The van der Waals surface area contributed by atoms with Crippen LogP contribution in [-0.4, -0.2) is 6.04 Å². The number of rotatable bonds is 3. The Balaban J connectivity index is 1.94. The lowest BCUT2D eigenvalue weighted by Gasteiger charge is -2.25. The molecular weight excluding hydrogens is 305 g/mol. The Kier molecular flexibility index (Phi) is 5.83. The highest BCUT2D eigenvalue weighted by atomic mass is 79.9. The van der Waals surface area contributed by atoms with E-state index in [2.05, 4.69) is 28.2 Å². The van der Waals surface area contributed by atoms with E-state index in [9.17, 15) is 4.39 Å². The maximum atomic E-state index is 13.3. The van der Waals surface area contributed by atoms with Gasteiger partial charge in [0, 0.05) is 12.1 Å². The summed E-state index contributed by atoms with van der Waals surface area (Å²) in [5, 5.41) is 3.71. The lowest BCUT2D eigenvalue weighted by atomic mass is 9.95. The van der Waals surface area contributed by atoms with Crippen molar-refractivity contribution < 1.29 is 4.39 Å². The third kappa shape index (κ3) is 4.57. The second-order valence-corrected chi connectivity index (χ2v) is 6.46. The molecule has 1 saturated carbocycles. The second-order valence-electron chi connectivity index (χ2n) is 5.60. The molecule has 0 aliphatic heterocycles. The molecule has 1 aliphatic rings. The van der Waals surface area contributed by atoms with Crippen LogP contribution in [0.3, 0.4) is 0 Å². The van der Waals surface area contributed by atoms with E-state index in [0.717, 1.165) is 5.56 Å². The maximum Gasteiger partial charge on any atom is 0.137 e. The lowest BCUT2D eigenvalue weighted by Crippen LogP contribution is -2.32. The number of nitrogens with one attached hydrogen (secondary N) is 1. The van der Waals surface area contributed by atoms with E-state index in [1.54, 1.807) is 0 Å². The molecule has 0 heterocycles. The summed E-state index contributed by atoms with van der Waals surface area (Å²) in [4.78, 5) is 0. The van der Waals surface area contributed by atoms with Gasteiger partial charge in [0.15, 0.2) is 0 Å². The van der Waals surface area contributed by atoms with Crippen molar-refractivity contribution in [1.82, 2.24) is 5.32 Å². The van der Waals surface area contributed by atoms with Crippen molar-refractivity contribution >= 4 is 15.9 Å². The third-order valence-electron chi connectivity index (χ3n) is 4.03. The molecule has 0 bridgehead atoms. The summed E-state index contributed by atoms with van der Waals surface area (Å²) in [5.74, 6) is -0.193. The fourth-order valence-electron chi connectivity index (χ4n) is 2.85. The van der Waals surface area contributed by atoms with Crippen LogP contribution >= 0.6 is 15.9 Å². The van der Waals surface area contributed by atoms with Gasteiger partial charge in [-0.15, -0.1) is 0 Å². The molecule has 1 N–H and O–H groups in total. The van der Waals surface area contributed by atoms with Gasteiger partial charge in [0.25, 0.3) is 0 Å². The van der Waals surface area contributed by atoms with Gasteiger partial charge in [0.05, 0.1) is 4.47 Å². The first-order valence-corrected chi connectivity index (χ1v) is 8.17. The van der Waals surface area contributed by atoms with Gasteiger partial charge in [-0.2, -0.15) is 0 Å². The molecule has 19 heavy (non-hydrogen) atoms. The zero-order valence-corrected chi connectivity index (χ0v) is 13.2. The molecular formula is C16H23BrFN. The van der Waals surface area contributed by atoms with Crippen molar-refractivity contribution in [3.8, 4) is 0 Å². The van der Waals surface area contributed by atoms with E-state index in [1.165, 1.54) is 51.0 Å². The quantitative estimate of drug-likeness (QED) is 0.788. The van der Waals surface area contributed by atoms with Crippen molar-refractivity contribution in [2.45, 2.75) is 64.0 Å². The molecule has 0 radical (unpaired) electrons. The van der Waals surface area contributed by atoms with Crippen molar-refractivity contribution in [3.63, 3.8) is 0 Å². The third-order valence-corrected chi connectivity index (χ3v) is 4.64. The van der Waals surface area contributed by atoms with Crippen LogP contribution in [0.5, 0.6) is 0 Å². The van der Waals surface area contributed by atoms with Gasteiger partial charge in [0.2, 0.25) is 0 Å². The zero-order chi connectivity index (χ0) is 13.7. The molecule has 1 unspecified atom stereocenters. The van der Waals surface area contributed by atoms with Crippen LogP contribution in [-0.2, 0) is 0 Å². The summed E-state index contributed by atoms with van der Waals surface area (Å²) in [6.45, 7) is 2.17. The van der Waals surface area contributed by atoms with E-state index in [0.29, 0.717) is 10.5 Å². The molecule has 0 spiro atoms. The van der Waals surface area contributed by atoms with Crippen LogP contribution in [0.4, 0.5) is 4.39 Å². The minimum absolute atomic E-state index is 0.193. The summed E-state index contributed by atoms with van der Waals surface area (Å²) < 4.78 is 13.8. The lowest BCUT2D eigenvalue weighted by molar-refractivity contribution is 0.362. The predicted molar refractivity (Wildman–Crippen MR) is 81.8 cm³/mol. The van der Waals surface area contributed by atoms with Crippen molar-refractivity contribution in [2.24, 2.45) is 0 Å². The van der Waals surface area contributed by atoms with E-state index in [4.69, 9.17) is 0 Å². The first-order chi connectivity index (χ1) is 9.16. The molecule has 1 aliphatic carbocycles. The first kappa shape index (κ1) is 15.0. The first-order valence-electron chi connectivity index (χ1n) is 7.38. The number of benzene rings is 1. The summed E-state index contributed by atoms with van der Waals surface area (Å²) >= 11 is 3.26. The summed E-state index contributed by atoms with van der Waals surface area (Å²) in [5.41, 5.74) is 1.15. The normalized spacial score (nSPS) is 19.7. The highest BCUT2D eigenvalue weighted by Gasteiger charge is 2.15. The Bertz CT molecular complexity index is 400. The highest BCUT2D eigenvalue weighted by Crippen LogP contribution is 2.24. The maximum absolute atomic E-state index is 13.3. The monoisotopic (exact) mass is 327 g/mol. The van der Waals surface area contributed by atoms with Gasteiger partial charge < -0.3 is 5.32 Å². The average molecular weight is 328 g/mol. The van der Waals surface area contributed by atoms with E-state index < -0.39 is 0 Å². The van der Waals surface area contributed by atoms with Gasteiger partial charge >= 0.3 is 0 Å². The molecule has 1 nitrogen and oxygen atoms in total. The Hall–Kier alpha value is -0.410. The summed E-state index contributed by atoms with van der Waals surface area (Å²) in [7, 11) is 0. The smallest absolute Gasteiger partial charge is 0.137 e. The molecule has 2 rings (SSSR count). The van der Waals surface area contributed by atoms with E-state index in [1.807, 2.05) is 12.1 Å². The fraction of sp³-hybridized carbons (Fsp3) is 0.625. The Morgan fingerprint density at radius 2 is 1.79 bits per heavy atom. The molecule has 1 aromatic rings. The standard InChI is InChI=1S/C16H23BrFN/c1-12(13-9-10-16(18)15(17)11-13)19-14-7-5-3-2-4-6-8-14/h9-12,14,19H,2-8H2,1H3. The van der Waals surface area contributed by atoms with Gasteiger partial charge in [-0.1, -0.05) is 38.2 Å². The van der Waals surface area contributed by atoms with Gasteiger partial charge in [-0.25, -0.2) is 4.39 Å². The molecule has 3 heteroatoms. The van der Waals surface area contributed by atoms with Gasteiger partial charge in [0.1, 0.15) is 5.82 Å². The molecule has 1 aromatic carbocycles. The van der Waals surface area contributed by atoms with E-state index >= 15 is 0 Å². The van der Waals surface area contributed by atoms with Crippen molar-refractivity contribution in [1.29, 1.82) is 0 Å². The molecule has 1 atom stereocenters. The van der Waals surface area contributed by atoms with Crippen LogP contribution < -0.4 is 5.32 Å². The second kappa shape index (κ2) is 7.39. The van der Waals surface area contributed by atoms with Gasteiger partial charge in [-0.05, 0) is 53.4 Å². The number of hydrogen-bond donors (Lipinski definition) is 1. The Labute approximate surface area is 124 Å². The largest absolute Gasteiger partial charge is 0.307 e. The van der Waals surface area contributed by atoms with Crippen molar-refractivity contribution in [2.75, 3.05) is 0 Å². The SMILES string of the molecule is CC(NC1CCCCCCC1)c1ccc(F)c(Br)c1. The van der Waals surface area contributed by atoms with E-state index in [-0.39, 0.29) is 11.9 Å². The predicted octanol–water partition coefficient (Wildman–Crippen LogP) is 5.35.